The van der Waals surface area contributed by atoms with Gasteiger partial charge in [0.15, 0.2) is 0 Å². The van der Waals surface area contributed by atoms with E-state index < -0.39 is 0 Å². The molecule has 3 amide bonds. The summed E-state index contributed by atoms with van der Waals surface area (Å²) in [6.45, 7) is 2.10. The Bertz CT molecular complexity index is 861. The fourth-order valence-corrected chi connectivity index (χ4v) is 4.02. The van der Waals surface area contributed by atoms with Crippen LogP contribution in [0.5, 0.6) is 11.5 Å². The first-order valence-electron chi connectivity index (χ1n) is 11.1. The Morgan fingerprint density at radius 2 is 1.78 bits per heavy atom. The van der Waals surface area contributed by atoms with Crippen LogP contribution in [0.4, 0.5) is 10.5 Å². The average Bonchev–Trinajstić information content (AvgIpc) is 2.83. The summed E-state index contributed by atoms with van der Waals surface area (Å²) in [6, 6.07) is 8.75. The maximum absolute atomic E-state index is 13.1. The molecule has 0 spiro atoms. The highest BCUT2D eigenvalue weighted by atomic mass is 16.5. The molecule has 0 unspecified atom stereocenters. The Morgan fingerprint density at radius 3 is 2.41 bits per heavy atom. The molecule has 1 saturated heterocycles. The predicted molar refractivity (Wildman–Crippen MR) is 123 cm³/mol. The summed E-state index contributed by atoms with van der Waals surface area (Å²) < 4.78 is 10.8. The van der Waals surface area contributed by atoms with Crippen LogP contribution in [0.3, 0.4) is 0 Å². The number of anilines is 1. The van der Waals surface area contributed by atoms with Gasteiger partial charge in [-0.05, 0) is 49.4 Å². The van der Waals surface area contributed by atoms with Gasteiger partial charge in [0.1, 0.15) is 17.1 Å². The number of nitrogens with zero attached hydrogens (tertiary/aromatic N) is 2. The molecule has 8 nitrogen and oxygen atoms in total. The van der Waals surface area contributed by atoms with Gasteiger partial charge in [-0.25, -0.2) is 4.79 Å². The summed E-state index contributed by atoms with van der Waals surface area (Å²) in [7, 11) is 3.13. The largest absolute Gasteiger partial charge is 0.496 e. The maximum atomic E-state index is 13.1. The van der Waals surface area contributed by atoms with E-state index in [1.807, 2.05) is 11.0 Å². The molecule has 2 aromatic rings. The van der Waals surface area contributed by atoms with Gasteiger partial charge in [0, 0.05) is 25.8 Å². The van der Waals surface area contributed by atoms with Crippen LogP contribution < -0.4 is 20.1 Å². The van der Waals surface area contributed by atoms with Crippen molar-refractivity contribution >= 4 is 17.6 Å². The summed E-state index contributed by atoms with van der Waals surface area (Å²) in [6.07, 6.45) is 8.33. The molecule has 0 atom stereocenters. The van der Waals surface area contributed by atoms with Crippen molar-refractivity contribution in [2.24, 2.45) is 5.92 Å². The number of carbonyl (C=O) groups excluding carboxylic acids is 2. The number of hydrogen-bond donors (Lipinski definition) is 2. The number of nitrogens with one attached hydrogen (secondary N) is 2. The lowest BCUT2D eigenvalue weighted by molar-refractivity contribution is 0.0679. The highest BCUT2D eigenvalue weighted by Gasteiger charge is 2.27. The fourth-order valence-electron chi connectivity index (χ4n) is 4.02. The summed E-state index contributed by atoms with van der Waals surface area (Å²) in [4.78, 5) is 30.8. The van der Waals surface area contributed by atoms with Crippen LogP contribution in [0.1, 0.15) is 42.5 Å². The Morgan fingerprint density at radius 1 is 1.06 bits per heavy atom. The Hall–Kier alpha value is -3.29. The number of amides is 3. The second kappa shape index (κ2) is 11.9. The smallest absolute Gasteiger partial charge is 0.319 e. The lowest BCUT2D eigenvalue weighted by Gasteiger charge is -2.32. The summed E-state index contributed by atoms with van der Waals surface area (Å²) in [5, 5.41) is 5.64. The molecule has 0 saturated carbocycles. The van der Waals surface area contributed by atoms with Crippen molar-refractivity contribution in [3.8, 4) is 11.5 Å². The molecule has 172 valence electrons. The number of pyridine rings is 1. The van der Waals surface area contributed by atoms with Crippen molar-refractivity contribution in [3.05, 3.63) is 48.3 Å². The number of carbonyl (C=O) groups is 2. The minimum Gasteiger partial charge on any atom is -0.496 e. The number of rotatable bonds is 9. The second-order valence-electron chi connectivity index (χ2n) is 7.89. The number of unbranched alkanes of at least 4 members (excludes halogenated alkanes) is 1. The van der Waals surface area contributed by atoms with Crippen molar-refractivity contribution in [3.63, 3.8) is 0 Å². The monoisotopic (exact) mass is 440 g/mol. The minimum absolute atomic E-state index is 0.0402. The molecule has 0 bridgehead atoms. The van der Waals surface area contributed by atoms with Gasteiger partial charge in [0.25, 0.3) is 5.91 Å². The number of benzene rings is 1. The van der Waals surface area contributed by atoms with Gasteiger partial charge >= 0.3 is 6.03 Å². The summed E-state index contributed by atoms with van der Waals surface area (Å²) in [5.41, 5.74) is 1.17. The fraction of sp³-hybridized carbons (Fsp3) is 0.458. The van der Waals surface area contributed by atoms with Gasteiger partial charge in [0.2, 0.25) is 0 Å². The number of urea groups is 1. The molecule has 3 rings (SSSR count). The average molecular weight is 441 g/mol. The maximum Gasteiger partial charge on any atom is 0.319 e. The van der Waals surface area contributed by atoms with Gasteiger partial charge in [-0.1, -0.05) is 18.9 Å². The highest BCUT2D eigenvalue weighted by molar-refractivity contribution is 5.99. The molecule has 0 radical (unpaired) electrons. The Kier molecular flexibility index (Phi) is 8.71. The molecule has 0 aliphatic carbocycles. The van der Waals surface area contributed by atoms with Crippen molar-refractivity contribution in [1.82, 2.24) is 15.2 Å². The standard InChI is InChI=1S/C24H32N4O4/c1-31-20-9-5-10-21(32-2)22(20)23(29)28-15-11-18(12-16-28)7-3-4-14-26-24(30)27-19-8-6-13-25-17-19/h5-6,8-10,13,17-18H,3-4,7,11-12,14-16H2,1-2H3,(H2,26,27,30). The van der Waals surface area contributed by atoms with Crippen molar-refractivity contribution < 1.29 is 19.1 Å². The zero-order valence-electron chi connectivity index (χ0n) is 18.8. The van der Waals surface area contributed by atoms with E-state index in [0.29, 0.717) is 35.2 Å². The van der Waals surface area contributed by atoms with Crippen LogP contribution >= 0.6 is 0 Å². The molecular weight excluding hydrogens is 408 g/mol. The molecule has 1 aromatic heterocycles. The van der Waals surface area contributed by atoms with E-state index >= 15 is 0 Å². The number of likely N-dealkylation sites (tertiary alicyclic amines) is 1. The van der Waals surface area contributed by atoms with Crippen molar-refractivity contribution in [1.29, 1.82) is 0 Å². The van der Waals surface area contributed by atoms with Crippen molar-refractivity contribution in [2.45, 2.75) is 32.1 Å². The number of ether oxygens (including phenoxy) is 2. The molecular formula is C24H32N4O4. The molecule has 2 N–H and O–H groups in total. The number of hydrogen-bond acceptors (Lipinski definition) is 5. The molecule has 1 aliphatic heterocycles. The summed E-state index contributed by atoms with van der Waals surface area (Å²) >= 11 is 0. The van der Waals surface area contributed by atoms with Gasteiger partial charge in [-0.3, -0.25) is 9.78 Å². The molecule has 1 aliphatic rings. The normalized spacial score (nSPS) is 14.0. The minimum atomic E-state index is -0.211. The number of piperidine rings is 1. The first kappa shape index (κ1) is 23.4. The van der Waals surface area contributed by atoms with E-state index in [1.54, 1.807) is 50.9 Å². The Labute approximate surface area is 189 Å². The lowest BCUT2D eigenvalue weighted by Crippen LogP contribution is -2.38. The van der Waals surface area contributed by atoms with Gasteiger partial charge < -0.3 is 25.0 Å². The quantitative estimate of drug-likeness (QED) is 0.576. The summed E-state index contributed by atoms with van der Waals surface area (Å²) in [5.74, 6) is 1.64. The van der Waals surface area contributed by atoms with E-state index in [2.05, 4.69) is 15.6 Å². The first-order chi connectivity index (χ1) is 15.6. The van der Waals surface area contributed by atoms with Crippen LogP contribution in [0.25, 0.3) is 0 Å². The van der Waals surface area contributed by atoms with Crippen LogP contribution in [-0.2, 0) is 0 Å². The molecule has 32 heavy (non-hydrogen) atoms. The van der Waals surface area contributed by atoms with Crippen LogP contribution in [-0.4, -0.2) is 55.7 Å². The van der Waals surface area contributed by atoms with Gasteiger partial charge in [-0.2, -0.15) is 0 Å². The number of methoxy groups -OCH3 is 2. The topological polar surface area (TPSA) is 92.8 Å². The van der Waals surface area contributed by atoms with Gasteiger partial charge in [0.05, 0.1) is 26.1 Å². The third kappa shape index (κ3) is 6.35. The van der Waals surface area contributed by atoms with Crippen LogP contribution in [0.2, 0.25) is 0 Å². The van der Waals surface area contributed by atoms with E-state index in [9.17, 15) is 9.59 Å². The van der Waals surface area contributed by atoms with Crippen LogP contribution in [0, 0.1) is 5.92 Å². The lowest BCUT2D eigenvalue weighted by atomic mass is 9.91. The zero-order valence-corrected chi connectivity index (χ0v) is 18.8. The molecule has 2 heterocycles. The zero-order chi connectivity index (χ0) is 22.8. The van der Waals surface area contributed by atoms with E-state index in [4.69, 9.17) is 9.47 Å². The van der Waals surface area contributed by atoms with E-state index in [0.717, 1.165) is 45.2 Å². The second-order valence-corrected chi connectivity index (χ2v) is 7.89. The Balaban J connectivity index is 1.36. The van der Waals surface area contributed by atoms with E-state index in [1.165, 1.54) is 0 Å². The van der Waals surface area contributed by atoms with Crippen LogP contribution in [0.15, 0.2) is 42.7 Å². The highest BCUT2D eigenvalue weighted by Crippen LogP contribution is 2.31. The van der Waals surface area contributed by atoms with Crippen molar-refractivity contribution in [2.75, 3.05) is 39.2 Å². The molecule has 1 aromatic carbocycles. The molecule has 1 fully saturated rings. The first-order valence-corrected chi connectivity index (χ1v) is 11.1. The third-order valence-electron chi connectivity index (χ3n) is 5.79. The third-order valence-corrected chi connectivity index (χ3v) is 5.79. The van der Waals surface area contributed by atoms with Gasteiger partial charge in [-0.15, -0.1) is 0 Å². The predicted octanol–water partition coefficient (Wildman–Crippen LogP) is 3.94. The number of aromatic nitrogens is 1. The van der Waals surface area contributed by atoms with E-state index in [-0.39, 0.29) is 11.9 Å². The molecule has 8 heteroatoms. The SMILES string of the molecule is COc1cccc(OC)c1C(=O)N1CCC(CCCCNC(=O)Nc2cccnc2)CC1.